The van der Waals surface area contributed by atoms with Crippen molar-refractivity contribution in [2.24, 2.45) is 0 Å². The summed E-state index contributed by atoms with van der Waals surface area (Å²) in [4.78, 5) is 18.8. The highest BCUT2D eigenvalue weighted by molar-refractivity contribution is 6.00. The molecular formula is C15H17N3O. The molecule has 0 unspecified atom stereocenters. The lowest BCUT2D eigenvalue weighted by molar-refractivity contribution is 0.0921. The minimum Gasteiger partial charge on any atom is -0.314 e. The van der Waals surface area contributed by atoms with Gasteiger partial charge in [-0.05, 0) is 12.1 Å². The maximum absolute atomic E-state index is 12.3. The first-order chi connectivity index (χ1) is 9.33. The van der Waals surface area contributed by atoms with Gasteiger partial charge in [0.15, 0.2) is 5.78 Å². The second kappa shape index (κ2) is 5.47. The molecule has 1 fully saturated rings. The number of aromatic nitrogens is 1. The molecule has 2 aromatic rings. The topological polar surface area (TPSA) is 45.2 Å². The summed E-state index contributed by atoms with van der Waals surface area (Å²) < 4.78 is 0. The first kappa shape index (κ1) is 12.3. The summed E-state index contributed by atoms with van der Waals surface area (Å²) in [5.41, 5.74) is 1.64. The Morgan fingerprint density at radius 1 is 1.26 bits per heavy atom. The Morgan fingerprint density at radius 3 is 2.95 bits per heavy atom. The Hall–Kier alpha value is -1.78. The number of benzene rings is 1. The Bertz CT molecular complexity index is 591. The van der Waals surface area contributed by atoms with Crippen LogP contribution in [0.1, 0.15) is 10.4 Å². The van der Waals surface area contributed by atoms with Gasteiger partial charge in [-0.25, -0.2) is 0 Å². The number of nitrogens with one attached hydrogen (secondary N) is 1. The van der Waals surface area contributed by atoms with Gasteiger partial charge in [0.05, 0.1) is 12.1 Å². The van der Waals surface area contributed by atoms with Crippen molar-refractivity contribution in [3.05, 3.63) is 42.1 Å². The van der Waals surface area contributed by atoms with Crippen molar-refractivity contribution in [1.82, 2.24) is 15.2 Å². The Morgan fingerprint density at radius 2 is 2.11 bits per heavy atom. The number of pyridine rings is 1. The molecule has 1 saturated heterocycles. The fourth-order valence-corrected chi connectivity index (χ4v) is 2.40. The van der Waals surface area contributed by atoms with Crippen molar-refractivity contribution in [3.8, 4) is 0 Å². The van der Waals surface area contributed by atoms with E-state index < -0.39 is 0 Å². The molecule has 1 aromatic carbocycles. The molecule has 3 rings (SSSR count). The number of hydrogen-bond acceptors (Lipinski definition) is 4. The minimum absolute atomic E-state index is 0.175. The lowest BCUT2D eigenvalue weighted by Crippen LogP contribution is -2.45. The fraction of sp³-hybridized carbons (Fsp3) is 0.333. The molecule has 1 aromatic heterocycles. The molecule has 4 heteroatoms. The van der Waals surface area contributed by atoms with Crippen LogP contribution in [0.2, 0.25) is 0 Å². The third-order valence-electron chi connectivity index (χ3n) is 3.50. The van der Waals surface area contributed by atoms with E-state index in [1.807, 2.05) is 30.3 Å². The van der Waals surface area contributed by atoms with E-state index in [1.165, 1.54) is 0 Å². The summed E-state index contributed by atoms with van der Waals surface area (Å²) >= 11 is 0. The number of hydrogen-bond donors (Lipinski definition) is 1. The molecule has 4 nitrogen and oxygen atoms in total. The van der Waals surface area contributed by atoms with E-state index in [0.29, 0.717) is 6.54 Å². The summed E-state index contributed by atoms with van der Waals surface area (Å²) in [5, 5.41) is 4.36. The Kier molecular flexibility index (Phi) is 3.53. The third-order valence-corrected chi connectivity index (χ3v) is 3.50. The van der Waals surface area contributed by atoms with E-state index in [-0.39, 0.29) is 5.78 Å². The Balaban J connectivity index is 1.77. The summed E-state index contributed by atoms with van der Waals surface area (Å²) in [7, 11) is 0. The first-order valence-electron chi connectivity index (χ1n) is 6.64. The van der Waals surface area contributed by atoms with E-state index in [0.717, 1.165) is 42.6 Å². The van der Waals surface area contributed by atoms with Gasteiger partial charge >= 0.3 is 0 Å². The lowest BCUT2D eigenvalue weighted by atomic mass is 10.1. The first-order valence-corrected chi connectivity index (χ1v) is 6.64. The van der Waals surface area contributed by atoms with Crippen LogP contribution in [0.5, 0.6) is 0 Å². The number of carbonyl (C=O) groups is 1. The van der Waals surface area contributed by atoms with Gasteiger partial charge in [-0.15, -0.1) is 0 Å². The smallest absolute Gasteiger partial charge is 0.176 e. The average molecular weight is 255 g/mol. The molecule has 0 bridgehead atoms. The van der Waals surface area contributed by atoms with Gasteiger partial charge in [-0.3, -0.25) is 14.7 Å². The summed E-state index contributed by atoms with van der Waals surface area (Å²) in [6, 6.07) is 9.67. The van der Waals surface area contributed by atoms with Crippen molar-refractivity contribution in [1.29, 1.82) is 0 Å². The number of piperazine rings is 1. The van der Waals surface area contributed by atoms with Crippen molar-refractivity contribution in [3.63, 3.8) is 0 Å². The summed E-state index contributed by atoms with van der Waals surface area (Å²) in [6.45, 7) is 4.31. The standard InChI is InChI=1S/C15H17N3O/c19-15(11-18-8-6-16-7-9-18)13-4-3-12-2-1-5-17-14(12)10-13/h1-5,10,16H,6-9,11H2. The molecule has 0 saturated carbocycles. The van der Waals surface area contributed by atoms with Crippen LogP contribution in [0.25, 0.3) is 10.9 Å². The SMILES string of the molecule is O=C(CN1CCNCC1)c1ccc2cccnc2c1. The van der Waals surface area contributed by atoms with Gasteiger partial charge < -0.3 is 5.32 Å². The number of fused-ring (bicyclic) bond motifs is 1. The van der Waals surface area contributed by atoms with Gasteiger partial charge in [0.2, 0.25) is 0 Å². The van der Waals surface area contributed by atoms with Gasteiger partial charge in [0.1, 0.15) is 0 Å². The monoisotopic (exact) mass is 255 g/mol. The molecule has 98 valence electrons. The number of ketones is 1. The second-order valence-electron chi connectivity index (χ2n) is 4.86. The molecule has 0 aliphatic carbocycles. The highest BCUT2D eigenvalue weighted by atomic mass is 16.1. The normalized spacial score (nSPS) is 16.6. The lowest BCUT2D eigenvalue weighted by Gasteiger charge is -2.26. The average Bonchev–Trinajstić information content (AvgIpc) is 2.48. The van der Waals surface area contributed by atoms with E-state index in [9.17, 15) is 4.79 Å². The van der Waals surface area contributed by atoms with Gasteiger partial charge in [0, 0.05) is 43.3 Å². The van der Waals surface area contributed by atoms with Crippen LogP contribution in [0.3, 0.4) is 0 Å². The summed E-state index contributed by atoms with van der Waals surface area (Å²) in [5.74, 6) is 0.175. The molecule has 0 atom stereocenters. The van der Waals surface area contributed by atoms with Crippen LogP contribution in [-0.2, 0) is 0 Å². The van der Waals surface area contributed by atoms with Crippen LogP contribution in [0.4, 0.5) is 0 Å². The molecule has 1 N–H and O–H groups in total. The van der Waals surface area contributed by atoms with Crippen LogP contribution in [0, 0.1) is 0 Å². The molecule has 1 aliphatic heterocycles. The highest BCUT2D eigenvalue weighted by Gasteiger charge is 2.15. The molecule has 1 aliphatic rings. The zero-order valence-corrected chi connectivity index (χ0v) is 10.8. The number of carbonyl (C=O) groups excluding carboxylic acids is 1. The third kappa shape index (κ3) is 2.80. The molecule has 0 spiro atoms. The van der Waals surface area contributed by atoms with Crippen molar-refractivity contribution in [2.75, 3.05) is 32.7 Å². The maximum Gasteiger partial charge on any atom is 0.176 e. The van der Waals surface area contributed by atoms with Crippen LogP contribution in [0.15, 0.2) is 36.5 Å². The van der Waals surface area contributed by atoms with Crippen molar-refractivity contribution >= 4 is 16.7 Å². The maximum atomic E-state index is 12.3. The van der Waals surface area contributed by atoms with E-state index >= 15 is 0 Å². The number of nitrogens with zero attached hydrogens (tertiary/aromatic N) is 2. The van der Waals surface area contributed by atoms with Crippen molar-refractivity contribution in [2.45, 2.75) is 0 Å². The molecule has 19 heavy (non-hydrogen) atoms. The van der Waals surface area contributed by atoms with E-state index in [2.05, 4.69) is 15.2 Å². The van der Waals surface area contributed by atoms with Gasteiger partial charge in [-0.2, -0.15) is 0 Å². The van der Waals surface area contributed by atoms with Crippen molar-refractivity contribution < 1.29 is 4.79 Å². The molecule has 0 radical (unpaired) electrons. The van der Waals surface area contributed by atoms with Crippen LogP contribution in [-0.4, -0.2) is 48.4 Å². The predicted molar refractivity (Wildman–Crippen MR) is 75.4 cm³/mol. The minimum atomic E-state index is 0.175. The predicted octanol–water partition coefficient (Wildman–Crippen LogP) is 1.32. The molecule has 0 amide bonds. The zero-order chi connectivity index (χ0) is 13.1. The van der Waals surface area contributed by atoms with Gasteiger partial charge in [0.25, 0.3) is 0 Å². The van der Waals surface area contributed by atoms with Crippen LogP contribution < -0.4 is 5.32 Å². The second-order valence-corrected chi connectivity index (χ2v) is 4.86. The number of rotatable bonds is 3. The largest absolute Gasteiger partial charge is 0.314 e. The van der Waals surface area contributed by atoms with Gasteiger partial charge in [-0.1, -0.05) is 18.2 Å². The highest BCUT2D eigenvalue weighted by Crippen LogP contribution is 2.14. The number of Topliss-reactive ketones (excluding diaryl/α,β-unsaturated/α-hetero) is 1. The summed E-state index contributed by atoms with van der Waals surface area (Å²) in [6.07, 6.45) is 1.76. The molecular weight excluding hydrogens is 238 g/mol. The van der Waals surface area contributed by atoms with E-state index in [4.69, 9.17) is 0 Å². The quantitative estimate of drug-likeness (QED) is 0.840. The van der Waals surface area contributed by atoms with E-state index in [1.54, 1.807) is 6.20 Å². The fourth-order valence-electron chi connectivity index (χ4n) is 2.40. The zero-order valence-electron chi connectivity index (χ0n) is 10.8. The van der Waals surface area contributed by atoms with Crippen LogP contribution >= 0.6 is 0 Å². The Labute approximate surface area is 112 Å². The molecule has 2 heterocycles.